The van der Waals surface area contributed by atoms with Gasteiger partial charge in [0.2, 0.25) is 5.91 Å². The lowest BCUT2D eigenvalue weighted by molar-refractivity contribution is -0.159. The third-order valence-corrected chi connectivity index (χ3v) is 4.54. The van der Waals surface area contributed by atoms with Gasteiger partial charge in [-0.2, -0.15) is 0 Å². The zero-order chi connectivity index (χ0) is 22.9. The SMILES string of the molecule is CCC[C@H](NC(=O)[C@H](CC(C)C)NC(=O)Nc1ccc(Br)cc1)C(=O)OC(C)(C)C. The van der Waals surface area contributed by atoms with Crippen molar-refractivity contribution >= 4 is 39.5 Å². The molecule has 0 spiro atoms. The predicted octanol–water partition coefficient (Wildman–Crippen LogP) is 4.61. The number of carbonyl (C=O) groups is 3. The molecule has 3 amide bonds. The van der Waals surface area contributed by atoms with Gasteiger partial charge in [0.25, 0.3) is 0 Å². The van der Waals surface area contributed by atoms with E-state index in [0.29, 0.717) is 24.9 Å². The maximum atomic E-state index is 12.9. The van der Waals surface area contributed by atoms with Crippen molar-refractivity contribution in [1.29, 1.82) is 0 Å². The van der Waals surface area contributed by atoms with Crippen LogP contribution in [-0.2, 0) is 14.3 Å². The Bertz CT molecular complexity index is 714. The van der Waals surface area contributed by atoms with Crippen LogP contribution in [-0.4, -0.2) is 35.6 Å². The van der Waals surface area contributed by atoms with Crippen LogP contribution in [0.2, 0.25) is 0 Å². The monoisotopic (exact) mass is 483 g/mol. The van der Waals surface area contributed by atoms with Gasteiger partial charge in [-0.15, -0.1) is 0 Å². The highest BCUT2D eigenvalue weighted by Gasteiger charge is 2.29. The number of esters is 1. The smallest absolute Gasteiger partial charge is 0.329 e. The van der Waals surface area contributed by atoms with Crippen LogP contribution in [0.15, 0.2) is 28.7 Å². The summed E-state index contributed by atoms with van der Waals surface area (Å²) in [6.07, 6.45) is 1.60. The first-order valence-electron chi connectivity index (χ1n) is 10.3. The highest BCUT2D eigenvalue weighted by molar-refractivity contribution is 9.10. The summed E-state index contributed by atoms with van der Waals surface area (Å²) in [5.41, 5.74) is -0.0365. The van der Waals surface area contributed by atoms with E-state index < -0.39 is 35.6 Å². The Morgan fingerprint density at radius 3 is 2.13 bits per heavy atom. The number of anilines is 1. The summed E-state index contributed by atoms with van der Waals surface area (Å²) < 4.78 is 6.32. The van der Waals surface area contributed by atoms with Crippen LogP contribution in [0.4, 0.5) is 10.5 Å². The predicted molar refractivity (Wildman–Crippen MR) is 122 cm³/mol. The van der Waals surface area contributed by atoms with E-state index in [4.69, 9.17) is 4.74 Å². The third-order valence-electron chi connectivity index (χ3n) is 4.02. The molecule has 0 aliphatic heterocycles. The second-order valence-electron chi connectivity index (χ2n) is 8.67. The summed E-state index contributed by atoms with van der Waals surface area (Å²) in [4.78, 5) is 37.8. The quantitative estimate of drug-likeness (QED) is 0.446. The number of urea groups is 1. The summed E-state index contributed by atoms with van der Waals surface area (Å²) in [6, 6.07) is 5.10. The molecule has 8 heteroatoms. The molecule has 30 heavy (non-hydrogen) atoms. The van der Waals surface area contributed by atoms with Crippen molar-refractivity contribution in [2.24, 2.45) is 5.92 Å². The molecular formula is C22H34BrN3O4. The van der Waals surface area contributed by atoms with Crippen molar-refractivity contribution in [1.82, 2.24) is 10.6 Å². The van der Waals surface area contributed by atoms with E-state index in [-0.39, 0.29) is 5.92 Å². The van der Waals surface area contributed by atoms with Gasteiger partial charge in [0.05, 0.1) is 0 Å². The van der Waals surface area contributed by atoms with Crippen LogP contribution in [0.25, 0.3) is 0 Å². The molecule has 0 aliphatic rings. The molecule has 0 aliphatic carbocycles. The van der Waals surface area contributed by atoms with E-state index in [0.717, 1.165) is 4.47 Å². The van der Waals surface area contributed by atoms with Crippen molar-refractivity contribution in [2.45, 2.75) is 78.5 Å². The standard InChI is InChI=1S/C22H34BrN3O4/c1-7-8-17(20(28)30-22(4,5)6)25-19(27)18(13-14(2)3)26-21(29)24-16-11-9-15(23)10-12-16/h9-12,14,17-18H,7-8,13H2,1-6H3,(H,25,27)(H2,24,26,29)/t17-,18-/m0/s1. The van der Waals surface area contributed by atoms with E-state index >= 15 is 0 Å². The van der Waals surface area contributed by atoms with Crippen LogP contribution < -0.4 is 16.0 Å². The first-order valence-corrected chi connectivity index (χ1v) is 11.1. The molecule has 0 fully saturated rings. The number of amides is 3. The minimum absolute atomic E-state index is 0.167. The number of benzene rings is 1. The fourth-order valence-corrected chi connectivity index (χ4v) is 3.01. The van der Waals surface area contributed by atoms with Gasteiger partial charge in [-0.25, -0.2) is 9.59 Å². The minimum Gasteiger partial charge on any atom is -0.458 e. The maximum absolute atomic E-state index is 12.9. The Kier molecular flexibility index (Phi) is 10.3. The molecule has 168 valence electrons. The zero-order valence-corrected chi connectivity index (χ0v) is 20.3. The lowest BCUT2D eigenvalue weighted by Gasteiger charge is -2.26. The summed E-state index contributed by atoms with van der Waals surface area (Å²) in [5.74, 6) is -0.709. The number of hydrogen-bond acceptors (Lipinski definition) is 4. The molecule has 7 nitrogen and oxygen atoms in total. The number of halogens is 1. The summed E-state index contributed by atoms with van der Waals surface area (Å²) in [7, 11) is 0. The molecule has 3 N–H and O–H groups in total. The summed E-state index contributed by atoms with van der Waals surface area (Å²) in [6.45, 7) is 11.2. The largest absolute Gasteiger partial charge is 0.458 e. The van der Waals surface area contributed by atoms with E-state index in [1.54, 1.807) is 32.9 Å². The molecule has 1 aromatic rings. The highest BCUT2D eigenvalue weighted by atomic mass is 79.9. The second kappa shape index (κ2) is 11.9. The molecule has 0 heterocycles. The van der Waals surface area contributed by atoms with Gasteiger partial charge in [0, 0.05) is 10.2 Å². The summed E-state index contributed by atoms with van der Waals surface area (Å²) in [5, 5.41) is 8.20. The van der Waals surface area contributed by atoms with Crippen molar-refractivity contribution < 1.29 is 19.1 Å². The number of carbonyl (C=O) groups excluding carboxylic acids is 3. The number of ether oxygens (including phenoxy) is 1. The number of rotatable bonds is 9. The van der Waals surface area contributed by atoms with Crippen LogP contribution in [0, 0.1) is 5.92 Å². The van der Waals surface area contributed by atoms with Crippen molar-refractivity contribution in [3.63, 3.8) is 0 Å². The molecule has 0 saturated heterocycles. The van der Waals surface area contributed by atoms with E-state index in [1.807, 2.05) is 32.9 Å². The van der Waals surface area contributed by atoms with Gasteiger partial charge < -0.3 is 20.7 Å². The highest BCUT2D eigenvalue weighted by Crippen LogP contribution is 2.15. The van der Waals surface area contributed by atoms with E-state index in [1.165, 1.54) is 0 Å². The lowest BCUT2D eigenvalue weighted by atomic mass is 10.0. The van der Waals surface area contributed by atoms with Gasteiger partial charge >= 0.3 is 12.0 Å². The fourth-order valence-electron chi connectivity index (χ4n) is 2.74. The minimum atomic E-state index is -0.776. The first kappa shape index (κ1) is 25.9. The molecule has 1 rings (SSSR count). The van der Waals surface area contributed by atoms with Crippen LogP contribution in [0.1, 0.15) is 60.8 Å². The van der Waals surface area contributed by atoms with E-state index in [2.05, 4.69) is 31.9 Å². The normalized spacial score (nSPS) is 13.3. The summed E-state index contributed by atoms with van der Waals surface area (Å²) >= 11 is 3.34. The Morgan fingerprint density at radius 1 is 1.03 bits per heavy atom. The average molecular weight is 484 g/mol. The van der Waals surface area contributed by atoms with Crippen LogP contribution in [0.5, 0.6) is 0 Å². The molecule has 0 unspecified atom stereocenters. The molecule has 2 atom stereocenters. The molecule has 0 radical (unpaired) electrons. The third kappa shape index (κ3) is 10.1. The first-order chi connectivity index (χ1) is 13.9. The number of nitrogens with one attached hydrogen (secondary N) is 3. The fraction of sp³-hybridized carbons (Fsp3) is 0.591. The number of hydrogen-bond donors (Lipinski definition) is 3. The van der Waals surface area contributed by atoms with Crippen LogP contribution >= 0.6 is 15.9 Å². The van der Waals surface area contributed by atoms with Crippen LogP contribution in [0.3, 0.4) is 0 Å². The maximum Gasteiger partial charge on any atom is 0.329 e. The Balaban J connectivity index is 2.83. The van der Waals surface area contributed by atoms with Crippen molar-refractivity contribution in [3.05, 3.63) is 28.7 Å². The second-order valence-corrected chi connectivity index (χ2v) is 9.59. The molecule has 0 aromatic heterocycles. The van der Waals surface area contributed by atoms with Gasteiger partial charge in [0.1, 0.15) is 17.7 Å². The molecular weight excluding hydrogens is 450 g/mol. The topological polar surface area (TPSA) is 96.5 Å². The molecule has 0 saturated carbocycles. The zero-order valence-electron chi connectivity index (χ0n) is 18.7. The van der Waals surface area contributed by atoms with Gasteiger partial charge in [-0.05, 0) is 63.8 Å². The van der Waals surface area contributed by atoms with Gasteiger partial charge in [-0.1, -0.05) is 43.1 Å². The Morgan fingerprint density at radius 2 is 1.63 bits per heavy atom. The molecule has 0 bridgehead atoms. The average Bonchev–Trinajstić information content (AvgIpc) is 2.60. The Labute approximate surface area is 187 Å². The van der Waals surface area contributed by atoms with Crippen molar-refractivity contribution in [2.75, 3.05) is 5.32 Å². The van der Waals surface area contributed by atoms with Crippen molar-refractivity contribution in [3.8, 4) is 0 Å². The van der Waals surface area contributed by atoms with Gasteiger partial charge in [-0.3, -0.25) is 4.79 Å². The lowest BCUT2D eigenvalue weighted by Crippen LogP contribution is -2.53. The van der Waals surface area contributed by atoms with E-state index in [9.17, 15) is 14.4 Å². The molecule has 1 aromatic carbocycles. The van der Waals surface area contributed by atoms with Gasteiger partial charge in [0.15, 0.2) is 0 Å². The Hall–Kier alpha value is -2.09.